The summed E-state index contributed by atoms with van der Waals surface area (Å²) in [5.41, 5.74) is 2.90. The topological polar surface area (TPSA) is 15.3 Å². The van der Waals surface area contributed by atoms with Crippen molar-refractivity contribution in [2.75, 3.05) is 26.2 Å². The number of hydrogen-bond donors (Lipinski definition) is 1. The molecule has 100 valence electrons. The summed E-state index contributed by atoms with van der Waals surface area (Å²) >= 11 is 1.79. The van der Waals surface area contributed by atoms with Crippen LogP contribution in [0, 0.1) is 0 Å². The lowest BCUT2D eigenvalue weighted by atomic mass is 10.0. The summed E-state index contributed by atoms with van der Waals surface area (Å²) in [4.78, 5) is 2.61. The van der Waals surface area contributed by atoms with Crippen molar-refractivity contribution in [3.63, 3.8) is 0 Å². The average molecular weight is 272 g/mol. The van der Waals surface area contributed by atoms with Crippen LogP contribution in [-0.2, 0) is 6.42 Å². The second kappa shape index (κ2) is 6.33. The zero-order valence-corrected chi connectivity index (χ0v) is 11.9. The Bertz CT molecular complexity index is 481. The first-order valence-corrected chi connectivity index (χ1v) is 7.88. The van der Waals surface area contributed by atoms with Crippen LogP contribution in [0.15, 0.2) is 47.2 Å². The molecule has 0 bridgehead atoms. The van der Waals surface area contributed by atoms with E-state index in [2.05, 4.69) is 57.4 Å². The molecule has 2 aromatic rings. The van der Waals surface area contributed by atoms with E-state index in [9.17, 15) is 0 Å². The van der Waals surface area contributed by atoms with E-state index in [0.29, 0.717) is 6.04 Å². The van der Waals surface area contributed by atoms with Crippen molar-refractivity contribution < 1.29 is 0 Å². The van der Waals surface area contributed by atoms with E-state index in [-0.39, 0.29) is 0 Å². The van der Waals surface area contributed by atoms with Gasteiger partial charge < -0.3 is 5.32 Å². The van der Waals surface area contributed by atoms with Gasteiger partial charge in [-0.2, -0.15) is 11.3 Å². The van der Waals surface area contributed by atoms with Crippen LogP contribution in [0.1, 0.15) is 17.2 Å². The molecule has 2 nitrogen and oxygen atoms in total. The van der Waals surface area contributed by atoms with Gasteiger partial charge in [0.25, 0.3) is 0 Å². The Balaban J connectivity index is 1.67. The minimum atomic E-state index is 0.522. The fraction of sp³-hybridized carbons (Fsp3) is 0.375. The molecule has 3 rings (SSSR count). The predicted molar refractivity (Wildman–Crippen MR) is 81.6 cm³/mol. The maximum absolute atomic E-state index is 3.52. The van der Waals surface area contributed by atoms with Gasteiger partial charge in [-0.1, -0.05) is 30.3 Å². The maximum atomic E-state index is 3.52. The third-order valence-electron chi connectivity index (χ3n) is 3.81. The molecule has 1 unspecified atom stereocenters. The number of piperazine rings is 1. The van der Waals surface area contributed by atoms with Crippen molar-refractivity contribution in [2.45, 2.75) is 12.5 Å². The monoisotopic (exact) mass is 272 g/mol. The van der Waals surface area contributed by atoms with Crippen molar-refractivity contribution >= 4 is 11.3 Å². The number of thiophene rings is 1. The smallest absolute Gasteiger partial charge is 0.0473 e. The van der Waals surface area contributed by atoms with Crippen molar-refractivity contribution in [3.8, 4) is 0 Å². The largest absolute Gasteiger partial charge is 0.314 e. The van der Waals surface area contributed by atoms with Crippen LogP contribution in [0.5, 0.6) is 0 Å². The molecule has 0 spiro atoms. The van der Waals surface area contributed by atoms with Crippen LogP contribution >= 0.6 is 11.3 Å². The van der Waals surface area contributed by atoms with E-state index in [0.717, 1.165) is 32.6 Å². The van der Waals surface area contributed by atoms with E-state index in [1.165, 1.54) is 11.1 Å². The summed E-state index contributed by atoms with van der Waals surface area (Å²) in [5.74, 6) is 0. The van der Waals surface area contributed by atoms with Gasteiger partial charge in [-0.3, -0.25) is 4.90 Å². The fourth-order valence-corrected chi connectivity index (χ4v) is 3.43. The molecule has 1 aliphatic rings. The molecule has 1 aliphatic heterocycles. The first-order chi connectivity index (χ1) is 9.43. The highest BCUT2D eigenvalue weighted by Crippen LogP contribution is 2.22. The Morgan fingerprint density at radius 2 is 2.11 bits per heavy atom. The van der Waals surface area contributed by atoms with Crippen LogP contribution in [0.25, 0.3) is 0 Å². The van der Waals surface area contributed by atoms with E-state index in [1.807, 2.05) is 0 Å². The molecule has 1 N–H and O–H groups in total. The summed E-state index contributed by atoms with van der Waals surface area (Å²) in [7, 11) is 0. The van der Waals surface area contributed by atoms with Crippen LogP contribution in [-0.4, -0.2) is 31.1 Å². The third-order valence-corrected chi connectivity index (χ3v) is 4.54. The zero-order valence-electron chi connectivity index (χ0n) is 11.1. The van der Waals surface area contributed by atoms with Crippen molar-refractivity contribution in [3.05, 3.63) is 58.3 Å². The fourth-order valence-electron chi connectivity index (χ4n) is 2.73. The summed E-state index contributed by atoms with van der Waals surface area (Å²) in [5, 5.41) is 7.95. The second-order valence-corrected chi connectivity index (χ2v) is 5.83. The lowest BCUT2D eigenvalue weighted by Gasteiger charge is -2.36. The Hall–Kier alpha value is -1.16. The average Bonchev–Trinajstić information content (AvgIpc) is 3.00. The minimum absolute atomic E-state index is 0.522. The molecule has 1 aromatic carbocycles. The van der Waals surface area contributed by atoms with Crippen LogP contribution in [0.2, 0.25) is 0 Å². The highest BCUT2D eigenvalue weighted by molar-refractivity contribution is 7.07. The Morgan fingerprint density at radius 1 is 1.21 bits per heavy atom. The molecule has 0 radical (unpaired) electrons. The van der Waals surface area contributed by atoms with Crippen molar-refractivity contribution in [1.29, 1.82) is 0 Å². The normalized spacial score (nSPS) is 20.5. The van der Waals surface area contributed by atoms with Gasteiger partial charge in [-0.05, 0) is 34.4 Å². The van der Waals surface area contributed by atoms with Crippen molar-refractivity contribution in [2.24, 2.45) is 0 Å². The Morgan fingerprint density at radius 3 is 2.89 bits per heavy atom. The molecule has 1 atom stereocenters. The van der Waals surface area contributed by atoms with Crippen LogP contribution in [0.4, 0.5) is 0 Å². The van der Waals surface area contributed by atoms with Gasteiger partial charge in [0.1, 0.15) is 0 Å². The molecule has 1 fully saturated rings. The zero-order chi connectivity index (χ0) is 12.9. The molecule has 2 heterocycles. The third kappa shape index (κ3) is 3.24. The molecular weight excluding hydrogens is 252 g/mol. The summed E-state index contributed by atoms with van der Waals surface area (Å²) in [6, 6.07) is 13.6. The van der Waals surface area contributed by atoms with Crippen LogP contribution < -0.4 is 5.32 Å². The lowest BCUT2D eigenvalue weighted by Crippen LogP contribution is -2.46. The molecule has 0 aliphatic carbocycles. The molecule has 1 aromatic heterocycles. The number of benzene rings is 1. The van der Waals surface area contributed by atoms with Gasteiger partial charge in [0.05, 0.1) is 0 Å². The van der Waals surface area contributed by atoms with Gasteiger partial charge in [0.2, 0.25) is 0 Å². The van der Waals surface area contributed by atoms with E-state index in [4.69, 9.17) is 0 Å². The summed E-state index contributed by atoms with van der Waals surface area (Å²) < 4.78 is 0. The molecule has 3 heteroatoms. The molecule has 19 heavy (non-hydrogen) atoms. The summed E-state index contributed by atoms with van der Waals surface area (Å²) in [6.45, 7) is 4.46. The highest BCUT2D eigenvalue weighted by atomic mass is 32.1. The first kappa shape index (κ1) is 12.9. The van der Waals surface area contributed by atoms with E-state index < -0.39 is 0 Å². The van der Waals surface area contributed by atoms with E-state index >= 15 is 0 Å². The lowest BCUT2D eigenvalue weighted by molar-refractivity contribution is 0.164. The molecule has 1 saturated heterocycles. The SMILES string of the molecule is c1ccc(C2CNCCN2CCc2ccsc2)cc1. The Labute approximate surface area is 119 Å². The van der Waals surface area contributed by atoms with Gasteiger partial charge in [-0.15, -0.1) is 0 Å². The van der Waals surface area contributed by atoms with E-state index in [1.54, 1.807) is 11.3 Å². The quantitative estimate of drug-likeness (QED) is 0.920. The van der Waals surface area contributed by atoms with Gasteiger partial charge in [0.15, 0.2) is 0 Å². The number of rotatable bonds is 4. The molecule has 0 saturated carbocycles. The number of nitrogens with zero attached hydrogens (tertiary/aromatic N) is 1. The minimum Gasteiger partial charge on any atom is -0.314 e. The standard InChI is InChI=1S/C16H20N2S/c1-2-4-15(5-3-1)16-12-17-8-10-18(16)9-6-14-7-11-19-13-14/h1-5,7,11,13,16-17H,6,8-10,12H2. The Kier molecular flexibility index (Phi) is 4.28. The summed E-state index contributed by atoms with van der Waals surface area (Å²) in [6.07, 6.45) is 1.16. The highest BCUT2D eigenvalue weighted by Gasteiger charge is 2.22. The van der Waals surface area contributed by atoms with Crippen molar-refractivity contribution in [1.82, 2.24) is 10.2 Å². The van der Waals surface area contributed by atoms with Gasteiger partial charge >= 0.3 is 0 Å². The first-order valence-electron chi connectivity index (χ1n) is 6.94. The maximum Gasteiger partial charge on any atom is 0.0473 e. The predicted octanol–water partition coefficient (Wildman–Crippen LogP) is 2.94. The number of hydrogen-bond acceptors (Lipinski definition) is 3. The number of nitrogens with one attached hydrogen (secondary N) is 1. The second-order valence-electron chi connectivity index (χ2n) is 5.05. The van der Waals surface area contributed by atoms with Gasteiger partial charge in [0, 0.05) is 32.2 Å². The molecule has 0 amide bonds. The van der Waals surface area contributed by atoms with Crippen LogP contribution in [0.3, 0.4) is 0 Å². The van der Waals surface area contributed by atoms with Gasteiger partial charge in [-0.25, -0.2) is 0 Å². The molecular formula is C16H20N2S.